The summed E-state index contributed by atoms with van der Waals surface area (Å²) < 4.78 is 0. The summed E-state index contributed by atoms with van der Waals surface area (Å²) >= 11 is 1.55. The van der Waals surface area contributed by atoms with E-state index in [0.717, 1.165) is 0 Å². The van der Waals surface area contributed by atoms with E-state index in [-0.39, 0.29) is 23.9 Å². The molecule has 0 radical (unpaired) electrons. The van der Waals surface area contributed by atoms with Crippen LogP contribution in [0.4, 0.5) is 4.79 Å². The summed E-state index contributed by atoms with van der Waals surface area (Å²) in [6, 6.07) is -0.194. The zero-order valence-electron chi connectivity index (χ0n) is 9.91. The summed E-state index contributed by atoms with van der Waals surface area (Å²) in [5.41, 5.74) is 0. The molecule has 4 nitrogen and oxygen atoms in total. The second kappa shape index (κ2) is 7.82. The Kier molecular flexibility index (Phi) is 7.60. The highest BCUT2D eigenvalue weighted by molar-refractivity contribution is 7.99. The lowest BCUT2D eigenvalue weighted by Crippen LogP contribution is -2.46. The molecule has 0 bridgehead atoms. The molecule has 2 unspecified atom stereocenters. The smallest absolute Gasteiger partial charge is 0.315 e. The maximum atomic E-state index is 11.4. The van der Waals surface area contributed by atoms with E-state index < -0.39 is 0 Å². The number of hydrogen-bond donors (Lipinski definition) is 3. The Balaban J connectivity index is 3.84. The van der Waals surface area contributed by atoms with Crippen LogP contribution in [0.25, 0.3) is 0 Å². The first-order valence-electron chi connectivity index (χ1n) is 5.19. The maximum Gasteiger partial charge on any atom is 0.315 e. The molecule has 0 heterocycles. The van der Waals surface area contributed by atoms with Crippen molar-refractivity contribution in [1.29, 1.82) is 0 Å². The molecule has 0 aliphatic carbocycles. The van der Waals surface area contributed by atoms with Gasteiger partial charge in [0.15, 0.2) is 0 Å². The number of rotatable bonds is 6. The van der Waals surface area contributed by atoms with Crippen LogP contribution in [0, 0.1) is 5.92 Å². The monoisotopic (exact) mass is 234 g/mol. The fourth-order valence-electron chi connectivity index (χ4n) is 1.08. The Morgan fingerprint density at radius 2 is 2.00 bits per heavy atom. The van der Waals surface area contributed by atoms with Crippen molar-refractivity contribution in [3.63, 3.8) is 0 Å². The van der Waals surface area contributed by atoms with Crippen molar-refractivity contribution in [3.8, 4) is 0 Å². The van der Waals surface area contributed by atoms with Gasteiger partial charge >= 0.3 is 6.03 Å². The lowest BCUT2D eigenvalue weighted by molar-refractivity contribution is 0.231. The van der Waals surface area contributed by atoms with Crippen LogP contribution in [0.3, 0.4) is 0 Å². The van der Waals surface area contributed by atoms with E-state index in [2.05, 4.69) is 10.6 Å². The van der Waals surface area contributed by atoms with Crippen LogP contribution in [0.5, 0.6) is 0 Å². The van der Waals surface area contributed by atoms with Crippen molar-refractivity contribution >= 4 is 17.8 Å². The Morgan fingerprint density at radius 1 is 1.40 bits per heavy atom. The number of carbonyl (C=O) groups is 1. The summed E-state index contributed by atoms with van der Waals surface area (Å²) in [5.74, 6) is 0.445. The van der Waals surface area contributed by atoms with Crippen LogP contribution in [0.15, 0.2) is 0 Å². The lowest BCUT2D eigenvalue weighted by atomic mass is 10.2. The summed E-state index contributed by atoms with van der Waals surface area (Å²) in [7, 11) is 0. The number of aliphatic hydroxyl groups excluding tert-OH is 1. The van der Waals surface area contributed by atoms with E-state index in [1.165, 1.54) is 0 Å². The molecule has 15 heavy (non-hydrogen) atoms. The Morgan fingerprint density at radius 3 is 2.40 bits per heavy atom. The van der Waals surface area contributed by atoms with Gasteiger partial charge in [-0.1, -0.05) is 13.8 Å². The fourth-order valence-corrected chi connectivity index (χ4v) is 1.71. The van der Waals surface area contributed by atoms with Gasteiger partial charge in [0.1, 0.15) is 0 Å². The van der Waals surface area contributed by atoms with Crippen LogP contribution in [0.1, 0.15) is 20.8 Å². The molecule has 0 saturated heterocycles. The van der Waals surface area contributed by atoms with Gasteiger partial charge in [0.05, 0.1) is 6.61 Å². The number of amides is 2. The molecule has 0 aliphatic rings. The van der Waals surface area contributed by atoms with Crippen LogP contribution >= 0.6 is 11.8 Å². The molecule has 3 N–H and O–H groups in total. The summed E-state index contributed by atoms with van der Waals surface area (Å²) in [5, 5.41) is 14.7. The van der Waals surface area contributed by atoms with Gasteiger partial charge < -0.3 is 15.7 Å². The van der Waals surface area contributed by atoms with Crippen LogP contribution in [0.2, 0.25) is 0 Å². The number of carbonyl (C=O) groups excluding carboxylic acids is 1. The number of urea groups is 1. The minimum Gasteiger partial charge on any atom is -0.395 e. The van der Waals surface area contributed by atoms with E-state index in [0.29, 0.717) is 12.5 Å². The molecule has 0 aromatic rings. The normalized spacial score (nSPS) is 14.8. The van der Waals surface area contributed by atoms with Crippen molar-refractivity contribution in [3.05, 3.63) is 0 Å². The predicted molar refractivity (Wildman–Crippen MR) is 65.2 cm³/mol. The highest BCUT2D eigenvalue weighted by Gasteiger charge is 2.16. The van der Waals surface area contributed by atoms with Gasteiger partial charge in [-0.2, -0.15) is 11.8 Å². The highest BCUT2D eigenvalue weighted by Crippen LogP contribution is 2.09. The zero-order valence-corrected chi connectivity index (χ0v) is 10.7. The molecule has 0 saturated carbocycles. The largest absolute Gasteiger partial charge is 0.395 e. The van der Waals surface area contributed by atoms with Crippen molar-refractivity contribution < 1.29 is 9.90 Å². The average molecular weight is 234 g/mol. The fraction of sp³-hybridized carbons (Fsp3) is 0.900. The molecule has 0 aliphatic heterocycles. The van der Waals surface area contributed by atoms with Gasteiger partial charge in [-0.3, -0.25) is 0 Å². The van der Waals surface area contributed by atoms with E-state index in [9.17, 15) is 4.79 Å². The minimum absolute atomic E-state index is 0.0304. The van der Waals surface area contributed by atoms with Crippen molar-refractivity contribution in [2.75, 3.05) is 19.4 Å². The van der Waals surface area contributed by atoms with Gasteiger partial charge in [0, 0.05) is 17.8 Å². The predicted octanol–water partition coefficient (Wildman–Crippen LogP) is 1.05. The Labute approximate surface area is 96.2 Å². The Hall–Kier alpha value is -0.420. The van der Waals surface area contributed by atoms with Crippen LogP contribution < -0.4 is 10.6 Å². The number of aliphatic hydroxyl groups is 1. The number of thioether (sulfide) groups is 1. The molecular weight excluding hydrogens is 212 g/mol. The third kappa shape index (κ3) is 6.62. The zero-order chi connectivity index (χ0) is 11.8. The van der Waals surface area contributed by atoms with Gasteiger partial charge in [-0.25, -0.2) is 4.79 Å². The third-order valence-electron chi connectivity index (χ3n) is 2.07. The SMILES string of the molecule is CSC(CO)C(C)NC(=O)NCC(C)C. The molecule has 0 aromatic carbocycles. The van der Waals surface area contributed by atoms with Crippen molar-refractivity contribution in [1.82, 2.24) is 10.6 Å². The van der Waals surface area contributed by atoms with Gasteiger partial charge in [-0.05, 0) is 19.1 Å². The average Bonchev–Trinajstić information content (AvgIpc) is 2.16. The Bertz CT molecular complexity index is 184. The molecule has 0 spiro atoms. The summed E-state index contributed by atoms with van der Waals surface area (Å²) in [6.07, 6.45) is 1.92. The first-order valence-corrected chi connectivity index (χ1v) is 6.48. The van der Waals surface area contributed by atoms with E-state index >= 15 is 0 Å². The molecule has 2 amide bonds. The van der Waals surface area contributed by atoms with Gasteiger partial charge in [0.2, 0.25) is 0 Å². The highest BCUT2D eigenvalue weighted by atomic mass is 32.2. The summed E-state index contributed by atoms with van der Waals surface area (Å²) in [6.45, 7) is 6.73. The number of hydrogen-bond acceptors (Lipinski definition) is 3. The second-order valence-electron chi connectivity index (χ2n) is 3.99. The minimum atomic E-state index is -0.163. The molecular formula is C10H22N2O2S. The molecule has 90 valence electrons. The maximum absolute atomic E-state index is 11.4. The van der Waals surface area contributed by atoms with E-state index in [4.69, 9.17) is 5.11 Å². The molecule has 2 atom stereocenters. The summed E-state index contributed by atoms with van der Waals surface area (Å²) in [4.78, 5) is 11.4. The molecule has 0 rings (SSSR count). The molecule has 0 aromatic heterocycles. The van der Waals surface area contributed by atoms with E-state index in [1.807, 2.05) is 27.0 Å². The number of nitrogens with one attached hydrogen (secondary N) is 2. The standard InChI is InChI=1S/C10H22N2O2S/c1-7(2)5-11-10(14)12-8(3)9(6-13)15-4/h7-9,13H,5-6H2,1-4H3,(H2,11,12,14). The molecule has 5 heteroatoms. The van der Waals surface area contributed by atoms with Gasteiger partial charge in [-0.15, -0.1) is 0 Å². The van der Waals surface area contributed by atoms with E-state index in [1.54, 1.807) is 11.8 Å². The quantitative estimate of drug-likeness (QED) is 0.644. The van der Waals surface area contributed by atoms with Crippen molar-refractivity contribution in [2.24, 2.45) is 5.92 Å². The van der Waals surface area contributed by atoms with Crippen LogP contribution in [-0.4, -0.2) is 41.8 Å². The first-order chi connectivity index (χ1) is 7.01. The van der Waals surface area contributed by atoms with Gasteiger partial charge in [0.25, 0.3) is 0 Å². The van der Waals surface area contributed by atoms with Crippen LogP contribution in [-0.2, 0) is 0 Å². The topological polar surface area (TPSA) is 61.4 Å². The lowest BCUT2D eigenvalue weighted by Gasteiger charge is -2.21. The third-order valence-corrected chi connectivity index (χ3v) is 3.23. The van der Waals surface area contributed by atoms with Crippen molar-refractivity contribution in [2.45, 2.75) is 32.1 Å². The second-order valence-corrected chi connectivity index (χ2v) is 5.07. The first kappa shape index (κ1) is 14.6. The molecule has 0 fully saturated rings.